The maximum Gasteiger partial charge on any atom is 0.220 e. The van der Waals surface area contributed by atoms with Crippen molar-refractivity contribution in [2.45, 2.75) is 32.0 Å². The minimum atomic E-state index is -0.640. The number of rotatable bonds is 10. The zero-order valence-corrected chi connectivity index (χ0v) is 30.1. The number of carbonyl (C=O) groups is 1. The molecule has 0 bridgehead atoms. The van der Waals surface area contributed by atoms with Crippen LogP contribution in [0.15, 0.2) is 72.9 Å². The number of halogens is 1. The lowest BCUT2D eigenvalue weighted by molar-refractivity contribution is -0.120. The first-order valence-corrected chi connectivity index (χ1v) is 17.6. The highest BCUT2D eigenvalue weighted by molar-refractivity contribution is 6.36. The molecular formula is C40H42ClN5O5. The number of benzene rings is 3. The van der Waals surface area contributed by atoms with Gasteiger partial charge in [-0.1, -0.05) is 48.0 Å². The monoisotopic (exact) mass is 707 g/mol. The van der Waals surface area contributed by atoms with Gasteiger partial charge in [-0.15, -0.1) is 0 Å². The van der Waals surface area contributed by atoms with Crippen molar-refractivity contribution in [1.29, 1.82) is 0 Å². The van der Waals surface area contributed by atoms with E-state index in [1.54, 1.807) is 21.3 Å². The molecule has 0 radical (unpaired) electrons. The summed E-state index contributed by atoms with van der Waals surface area (Å²) >= 11 is 7.21. The van der Waals surface area contributed by atoms with Crippen LogP contribution in [0, 0.1) is 5.41 Å². The fourth-order valence-corrected chi connectivity index (χ4v) is 8.55. The Morgan fingerprint density at radius 1 is 0.863 bits per heavy atom. The van der Waals surface area contributed by atoms with E-state index in [2.05, 4.69) is 56.2 Å². The maximum absolute atomic E-state index is 11.8. The van der Waals surface area contributed by atoms with Crippen molar-refractivity contribution >= 4 is 28.4 Å². The highest BCUT2D eigenvalue weighted by Crippen LogP contribution is 2.43. The Hall–Kier alpha value is -4.61. The lowest BCUT2D eigenvalue weighted by Gasteiger charge is -2.47. The molecule has 1 amide bonds. The lowest BCUT2D eigenvalue weighted by Crippen LogP contribution is -2.59. The van der Waals surface area contributed by atoms with Crippen molar-refractivity contribution in [1.82, 2.24) is 24.7 Å². The van der Waals surface area contributed by atoms with Gasteiger partial charge in [0.15, 0.2) is 0 Å². The van der Waals surface area contributed by atoms with Gasteiger partial charge in [0.1, 0.15) is 11.5 Å². The second-order valence-electron chi connectivity index (χ2n) is 14.5. The second-order valence-corrected chi connectivity index (χ2v) is 14.9. The van der Waals surface area contributed by atoms with Crippen LogP contribution in [0.2, 0.25) is 5.02 Å². The van der Waals surface area contributed by atoms with Crippen LogP contribution in [0.1, 0.15) is 24.5 Å². The molecule has 8 rings (SSSR count). The summed E-state index contributed by atoms with van der Waals surface area (Å²) in [7, 11) is 5.01. The molecule has 0 atom stereocenters. The number of hydrogen-bond donors (Lipinski definition) is 2. The van der Waals surface area contributed by atoms with E-state index < -0.39 is 5.60 Å². The number of hydrogen-bond acceptors (Lipinski definition) is 8. The van der Waals surface area contributed by atoms with Gasteiger partial charge in [0.05, 0.1) is 54.4 Å². The van der Waals surface area contributed by atoms with Crippen molar-refractivity contribution in [3.8, 4) is 45.5 Å². The van der Waals surface area contributed by atoms with Gasteiger partial charge in [-0.2, -0.15) is 0 Å². The Morgan fingerprint density at radius 2 is 1.55 bits per heavy atom. The SMILES string of the molecule is COc1cc(-n2ccc3c(-c4cccc(-c5ccc(CN6CC(C)(O)C6)c(OC)n5)c4Cl)cccc32)cc(OC)c1CN1CC2(CNC(=O)C2)C1. The number of likely N-dealkylation sites (tertiary alicyclic amines) is 2. The molecule has 51 heavy (non-hydrogen) atoms. The third-order valence-electron chi connectivity index (χ3n) is 10.5. The number of amides is 1. The molecule has 3 aromatic carbocycles. The first kappa shape index (κ1) is 33.5. The number of aromatic nitrogens is 2. The van der Waals surface area contributed by atoms with Gasteiger partial charge in [0.2, 0.25) is 11.8 Å². The van der Waals surface area contributed by atoms with Gasteiger partial charge in [-0.3, -0.25) is 14.6 Å². The van der Waals surface area contributed by atoms with Crippen molar-refractivity contribution in [2.24, 2.45) is 5.41 Å². The molecule has 11 heteroatoms. The van der Waals surface area contributed by atoms with Crippen molar-refractivity contribution < 1.29 is 24.1 Å². The molecule has 5 heterocycles. The van der Waals surface area contributed by atoms with E-state index in [1.165, 1.54) is 0 Å². The van der Waals surface area contributed by atoms with Crippen LogP contribution in [0.5, 0.6) is 17.4 Å². The third-order valence-corrected chi connectivity index (χ3v) is 10.9. The van der Waals surface area contributed by atoms with E-state index in [-0.39, 0.29) is 11.3 Å². The topological polar surface area (TPSA) is 101 Å². The highest BCUT2D eigenvalue weighted by atomic mass is 35.5. The van der Waals surface area contributed by atoms with Crippen molar-refractivity contribution in [3.05, 3.63) is 89.1 Å². The van der Waals surface area contributed by atoms with Gasteiger partial charge < -0.3 is 29.2 Å². The van der Waals surface area contributed by atoms with Gasteiger partial charge in [-0.05, 0) is 30.7 Å². The van der Waals surface area contributed by atoms with Gasteiger partial charge >= 0.3 is 0 Å². The summed E-state index contributed by atoms with van der Waals surface area (Å²) < 4.78 is 19.7. The standard InChI is InChI=1S/C40H42ClN5O5/c1-39(48)21-44(22-39)18-25-11-12-32(43-38(25)51-4)30-9-5-8-29(37(30)41)27-7-6-10-33-28(27)13-14-46(33)26-15-34(49-2)31(35(16-26)50-3)19-45-23-40(24-45)17-36(47)42-20-40/h5-16,48H,17-24H2,1-4H3,(H,42,47). The summed E-state index contributed by atoms with van der Waals surface area (Å²) in [5.41, 5.74) is 6.75. The zero-order chi connectivity index (χ0) is 35.5. The summed E-state index contributed by atoms with van der Waals surface area (Å²) in [5, 5.41) is 14.8. The Bertz CT molecular complexity index is 2120. The first-order chi connectivity index (χ1) is 24.6. The molecule has 2 N–H and O–H groups in total. The molecule has 3 fully saturated rings. The smallest absolute Gasteiger partial charge is 0.220 e. The second kappa shape index (κ2) is 12.9. The summed E-state index contributed by atoms with van der Waals surface area (Å²) in [6, 6.07) is 22.5. The predicted molar refractivity (Wildman–Crippen MR) is 198 cm³/mol. The molecule has 2 aromatic heterocycles. The van der Waals surface area contributed by atoms with Gasteiger partial charge in [0.25, 0.3) is 0 Å². The third kappa shape index (κ3) is 6.10. The lowest BCUT2D eigenvalue weighted by atomic mass is 9.79. The van der Waals surface area contributed by atoms with Crippen LogP contribution < -0.4 is 19.5 Å². The van der Waals surface area contributed by atoms with Crippen LogP contribution in [0.25, 0.3) is 39.0 Å². The summed E-state index contributed by atoms with van der Waals surface area (Å²) in [6.45, 7) is 6.90. The number of nitrogens with one attached hydrogen (secondary N) is 1. The normalized spacial score (nSPS) is 18.0. The Kier molecular flexibility index (Phi) is 8.46. The van der Waals surface area contributed by atoms with Gasteiger partial charge in [0, 0.05) is 98.1 Å². The minimum Gasteiger partial charge on any atom is -0.496 e. The predicted octanol–water partition coefficient (Wildman–Crippen LogP) is 5.93. The number of nitrogens with zero attached hydrogens (tertiary/aromatic N) is 4. The van der Waals surface area contributed by atoms with Crippen LogP contribution in [0.4, 0.5) is 0 Å². The van der Waals surface area contributed by atoms with E-state index in [1.807, 2.05) is 43.3 Å². The summed E-state index contributed by atoms with van der Waals surface area (Å²) in [5.74, 6) is 2.20. The molecule has 0 saturated carbocycles. The van der Waals surface area contributed by atoms with Crippen LogP contribution >= 0.6 is 11.6 Å². The molecule has 3 saturated heterocycles. The molecule has 10 nitrogen and oxygen atoms in total. The molecule has 264 valence electrons. The number of carbonyl (C=O) groups excluding carboxylic acids is 1. The number of fused-ring (bicyclic) bond motifs is 1. The number of aliphatic hydroxyl groups is 1. The Balaban J connectivity index is 1.09. The molecular weight excluding hydrogens is 666 g/mol. The minimum absolute atomic E-state index is 0.0497. The Labute approximate surface area is 302 Å². The molecule has 0 unspecified atom stereocenters. The van der Waals surface area contributed by atoms with Gasteiger partial charge in [-0.25, -0.2) is 4.98 Å². The van der Waals surface area contributed by atoms with E-state index >= 15 is 0 Å². The fourth-order valence-electron chi connectivity index (χ4n) is 8.23. The number of pyridine rings is 1. The van der Waals surface area contributed by atoms with Crippen molar-refractivity contribution in [2.75, 3.05) is 54.1 Å². The molecule has 3 aliphatic rings. The van der Waals surface area contributed by atoms with Crippen LogP contribution in [-0.4, -0.2) is 90.0 Å². The van der Waals surface area contributed by atoms with E-state index in [4.69, 9.17) is 30.8 Å². The first-order valence-electron chi connectivity index (χ1n) is 17.2. The largest absolute Gasteiger partial charge is 0.496 e. The number of β-amino-alcohol motifs (C(OH)–C–C–N with tert-alkyl or cyclic N) is 1. The van der Waals surface area contributed by atoms with Crippen LogP contribution in [0.3, 0.4) is 0 Å². The van der Waals surface area contributed by atoms with E-state index in [0.29, 0.717) is 43.5 Å². The molecule has 5 aromatic rings. The summed E-state index contributed by atoms with van der Waals surface area (Å²) in [4.78, 5) is 21.2. The number of ether oxygens (including phenoxy) is 3. The zero-order valence-electron chi connectivity index (χ0n) is 29.3. The van der Waals surface area contributed by atoms with Crippen molar-refractivity contribution in [3.63, 3.8) is 0 Å². The summed E-state index contributed by atoms with van der Waals surface area (Å²) in [6.07, 6.45) is 2.66. The molecule has 1 spiro atoms. The average Bonchev–Trinajstić information content (AvgIpc) is 3.71. The van der Waals surface area contributed by atoms with E-state index in [0.717, 1.165) is 81.2 Å². The average molecular weight is 708 g/mol. The van der Waals surface area contributed by atoms with E-state index in [9.17, 15) is 9.90 Å². The quantitative estimate of drug-likeness (QED) is 0.184. The molecule has 3 aliphatic heterocycles. The number of methoxy groups -OCH3 is 3. The molecule has 0 aliphatic carbocycles. The maximum atomic E-state index is 11.8. The highest BCUT2D eigenvalue weighted by Gasteiger charge is 2.48. The van der Waals surface area contributed by atoms with Crippen LogP contribution in [-0.2, 0) is 17.9 Å². The fraction of sp³-hybridized carbons (Fsp3) is 0.350. The Morgan fingerprint density at radius 3 is 2.22 bits per heavy atom.